The van der Waals surface area contributed by atoms with Crippen LogP contribution in [-0.2, 0) is 11.3 Å². The van der Waals surface area contributed by atoms with Gasteiger partial charge in [-0.15, -0.1) is 0 Å². The van der Waals surface area contributed by atoms with Gasteiger partial charge in [0.05, 0.1) is 18.9 Å². The Morgan fingerprint density at radius 1 is 1.62 bits per heavy atom. The molecule has 0 radical (unpaired) electrons. The fourth-order valence-electron chi connectivity index (χ4n) is 1.95. The van der Waals surface area contributed by atoms with Crippen molar-refractivity contribution in [2.75, 3.05) is 13.2 Å². The molecule has 1 aromatic rings. The molecule has 2 heterocycles. The summed E-state index contributed by atoms with van der Waals surface area (Å²) >= 11 is 0. The maximum absolute atomic E-state index is 5.66. The molecule has 1 saturated heterocycles. The number of nitrogens with one attached hydrogen (secondary N) is 1. The highest BCUT2D eigenvalue weighted by Crippen LogP contribution is 2.08. The average molecular weight is 223 g/mol. The molecule has 0 bridgehead atoms. The molecule has 0 aromatic carbocycles. The van der Waals surface area contributed by atoms with Gasteiger partial charge in [0, 0.05) is 18.3 Å². The molecule has 0 saturated carbocycles. The van der Waals surface area contributed by atoms with E-state index in [2.05, 4.69) is 24.3 Å². The molecule has 1 atom stereocenters. The van der Waals surface area contributed by atoms with Gasteiger partial charge in [0.25, 0.3) is 0 Å². The first-order valence-corrected chi connectivity index (χ1v) is 6.11. The van der Waals surface area contributed by atoms with Crippen molar-refractivity contribution in [2.24, 2.45) is 0 Å². The molecule has 0 amide bonds. The second-order valence-corrected chi connectivity index (χ2v) is 4.69. The van der Waals surface area contributed by atoms with Crippen LogP contribution in [0.3, 0.4) is 0 Å². The van der Waals surface area contributed by atoms with E-state index in [0.717, 1.165) is 18.8 Å². The third-order valence-corrected chi connectivity index (χ3v) is 2.92. The van der Waals surface area contributed by atoms with Crippen molar-refractivity contribution in [3.05, 3.63) is 18.0 Å². The lowest BCUT2D eigenvalue weighted by Gasteiger charge is -2.09. The number of nitrogens with zero attached hydrogens (tertiary/aromatic N) is 2. The van der Waals surface area contributed by atoms with Crippen LogP contribution in [0.4, 0.5) is 0 Å². The van der Waals surface area contributed by atoms with Gasteiger partial charge in [-0.25, -0.2) is 0 Å². The minimum Gasteiger partial charge on any atom is -0.373 e. The van der Waals surface area contributed by atoms with Gasteiger partial charge >= 0.3 is 0 Å². The summed E-state index contributed by atoms with van der Waals surface area (Å²) < 4.78 is 7.62. The van der Waals surface area contributed by atoms with E-state index in [1.807, 2.05) is 16.9 Å². The summed E-state index contributed by atoms with van der Waals surface area (Å²) in [6, 6.07) is 3.00. The summed E-state index contributed by atoms with van der Waals surface area (Å²) in [6.07, 6.45) is 4.52. The quantitative estimate of drug-likeness (QED) is 0.826. The lowest BCUT2D eigenvalue weighted by Crippen LogP contribution is -2.26. The van der Waals surface area contributed by atoms with Gasteiger partial charge in [-0.05, 0) is 39.3 Å². The third-order valence-electron chi connectivity index (χ3n) is 2.92. The van der Waals surface area contributed by atoms with Gasteiger partial charge in [0.2, 0.25) is 0 Å². The minimum absolute atomic E-state index is 0.422. The molecule has 1 unspecified atom stereocenters. The number of hydrogen-bond acceptors (Lipinski definition) is 3. The molecular formula is C12H21N3O. The van der Waals surface area contributed by atoms with Crippen molar-refractivity contribution in [1.82, 2.24) is 15.1 Å². The SMILES string of the molecule is CC(C)n1ccc(COCC2CCCN2)n1. The summed E-state index contributed by atoms with van der Waals surface area (Å²) in [5, 5.41) is 7.86. The smallest absolute Gasteiger partial charge is 0.0907 e. The Morgan fingerprint density at radius 3 is 3.12 bits per heavy atom. The zero-order valence-electron chi connectivity index (χ0n) is 10.1. The Labute approximate surface area is 97.0 Å². The summed E-state index contributed by atoms with van der Waals surface area (Å²) in [6.45, 7) is 6.81. The number of aromatic nitrogens is 2. The van der Waals surface area contributed by atoms with Crippen LogP contribution >= 0.6 is 0 Å². The van der Waals surface area contributed by atoms with E-state index < -0.39 is 0 Å². The molecule has 1 fully saturated rings. The zero-order chi connectivity index (χ0) is 11.4. The highest BCUT2D eigenvalue weighted by molar-refractivity contribution is 4.97. The van der Waals surface area contributed by atoms with Crippen molar-refractivity contribution < 1.29 is 4.74 Å². The standard InChI is InChI=1S/C12H21N3O/c1-10(2)15-7-5-12(14-15)9-16-8-11-4-3-6-13-11/h5,7,10-11,13H,3-4,6,8-9H2,1-2H3. The van der Waals surface area contributed by atoms with Crippen LogP contribution < -0.4 is 5.32 Å². The lowest BCUT2D eigenvalue weighted by molar-refractivity contribution is 0.100. The Balaban J connectivity index is 1.72. The predicted octanol–water partition coefficient (Wildman–Crippen LogP) is 1.73. The summed E-state index contributed by atoms with van der Waals surface area (Å²) in [7, 11) is 0. The zero-order valence-corrected chi connectivity index (χ0v) is 10.1. The Bertz CT molecular complexity index is 316. The third kappa shape index (κ3) is 3.06. The molecule has 1 aliphatic rings. The van der Waals surface area contributed by atoms with E-state index in [-0.39, 0.29) is 0 Å². The maximum atomic E-state index is 5.66. The molecule has 1 aromatic heterocycles. The molecule has 16 heavy (non-hydrogen) atoms. The number of hydrogen-bond donors (Lipinski definition) is 1. The highest BCUT2D eigenvalue weighted by atomic mass is 16.5. The molecule has 0 spiro atoms. The van der Waals surface area contributed by atoms with Crippen molar-refractivity contribution in [3.63, 3.8) is 0 Å². The van der Waals surface area contributed by atoms with Crippen LogP contribution in [0.1, 0.15) is 38.4 Å². The van der Waals surface area contributed by atoms with Crippen molar-refractivity contribution in [1.29, 1.82) is 0 Å². The maximum Gasteiger partial charge on any atom is 0.0907 e. The highest BCUT2D eigenvalue weighted by Gasteiger charge is 2.13. The molecule has 1 N–H and O–H groups in total. The van der Waals surface area contributed by atoms with Crippen molar-refractivity contribution in [3.8, 4) is 0 Å². The normalized spacial score (nSPS) is 20.8. The fraction of sp³-hybridized carbons (Fsp3) is 0.750. The van der Waals surface area contributed by atoms with Gasteiger partial charge in [-0.2, -0.15) is 5.10 Å². The summed E-state index contributed by atoms with van der Waals surface area (Å²) in [5.74, 6) is 0. The van der Waals surface area contributed by atoms with E-state index >= 15 is 0 Å². The lowest BCUT2D eigenvalue weighted by atomic mass is 10.2. The van der Waals surface area contributed by atoms with Crippen LogP contribution in [0.15, 0.2) is 12.3 Å². The van der Waals surface area contributed by atoms with E-state index in [4.69, 9.17) is 4.74 Å². The van der Waals surface area contributed by atoms with Gasteiger partial charge in [0.15, 0.2) is 0 Å². The first kappa shape index (κ1) is 11.6. The Hall–Kier alpha value is -0.870. The largest absolute Gasteiger partial charge is 0.373 e. The molecule has 1 aliphatic heterocycles. The van der Waals surface area contributed by atoms with E-state index in [1.54, 1.807) is 0 Å². The first-order chi connectivity index (χ1) is 7.75. The van der Waals surface area contributed by atoms with Crippen molar-refractivity contribution >= 4 is 0 Å². The van der Waals surface area contributed by atoms with Gasteiger partial charge in [-0.3, -0.25) is 4.68 Å². The number of rotatable bonds is 5. The molecule has 4 nitrogen and oxygen atoms in total. The van der Waals surface area contributed by atoms with E-state index in [9.17, 15) is 0 Å². The second kappa shape index (κ2) is 5.46. The van der Waals surface area contributed by atoms with Crippen LogP contribution in [-0.4, -0.2) is 29.0 Å². The number of ether oxygens (including phenoxy) is 1. The monoisotopic (exact) mass is 223 g/mol. The summed E-state index contributed by atoms with van der Waals surface area (Å²) in [5.41, 5.74) is 1.02. The van der Waals surface area contributed by atoms with Crippen LogP contribution in [0.2, 0.25) is 0 Å². The minimum atomic E-state index is 0.422. The van der Waals surface area contributed by atoms with Crippen LogP contribution in [0.5, 0.6) is 0 Å². The summed E-state index contributed by atoms with van der Waals surface area (Å²) in [4.78, 5) is 0. The second-order valence-electron chi connectivity index (χ2n) is 4.69. The molecule has 4 heteroatoms. The molecular weight excluding hydrogens is 202 g/mol. The topological polar surface area (TPSA) is 39.1 Å². The van der Waals surface area contributed by atoms with Gasteiger partial charge in [-0.1, -0.05) is 0 Å². The van der Waals surface area contributed by atoms with E-state index in [0.29, 0.717) is 18.7 Å². The Morgan fingerprint density at radius 2 is 2.50 bits per heavy atom. The van der Waals surface area contributed by atoms with Crippen LogP contribution in [0, 0.1) is 0 Å². The van der Waals surface area contributed by atoms with Crippen molar-refractivity contribution in [2.45, 2.75) is 45.4 Å². The first-order valence-electron chi connectivity index (χ1n) is 6.11. The average Bonchev–Trinajstić information content (AvgIpc) is 2.87. The van der Waals surface area contributed by atoms with Crippen LogP contribution in [0.25, 0.3) is 0 Å². The fourth-order valence-corrected chi connectivity index (χ4v) is 1.95. The van der Waals surface area contributed by atoms with E-state index in [1.165, 1.54) is 12.8 Å². The Kier molecular flexibility index (Phi) is 3.96. The van der Waals surface area contributed by atoms with Gasteiger partial charge < -0.3 is 10.1 Å². The molecule has 90 valence electrons. The predicted molar refractivity (Wildman–Crippen MR) is 63.3 cm³/mol. The molecule has 2 rings (SSSR count). The van der Waals surface area contributed by atoms with Gasteiger partial charge in [0.1, 0.15) is 0 Å². The molecule has 0 aliphatic carbocycles.